The van der Waals surface area contributed by atoms with E-state index in [2.05, 4.69) is 0 Å². The first-order valence-electron chi connectivity index (χ1n) is 4.93. The highest BCUT2D eigenvalue weighted by Gasteiger charge is 2.32. The Morgan fingerprint density at radius 3 is 2.21 bits per heavy atom. The molecule has 0 aromatic heterocycles. The number of hydrogen-bond donors (Lipinski definition) is 1. The predicted octanol–water partition coefficient (Wildman–Crippen LogP) is 1.61. The van der Waals surface area contributed by atoms with Crippen molar-refractivity contribution in [3.63, 3.8) is 0 Å². The highest BCUT2D eigenvalue weighted by molar-refractivity contribution is 4.78. The monoisotopic (exact) mass is 210 g/mol. The van der Waals surface area contributed by atoms with E-state index in [0.717, 1.165) is 12.8 Å². The molecule has 1 heterocycles. The van der Waals surface area contributed by atoms with Crippen LogP contribution in [0.15, 0.2) is 0 Å². The molecule has 2 nitrogen and oxygen atoms in total. The highest BCUT2D eigenvalue weighted by Crippen LogP contribution is 2.23. The van der Waals surface area contributed by atoms with Crippen LogP contribution < -0.4 is 5.73 Å². The summed E-state index contributed by atoms with van der Waals surface area (Å²) >= 11 is 0. The molecule has 1 saturated heterocycles. The molecule has 0 unspecified atom stereocenters. The van der Waals surface area contributed by atoms with Crippen molar-refractivity contribution in [2.45, 2.75) is 32.0 Å². The molecule has 0 aromatic rings. The maximum Gasteiger partial charge on any atom is 0.401 e. The Hall–Kier alpha value is -0.290. The van der Waals surface area contributed by atoms with E-state index in [1.165, 1.54) is 4.90 Å². The first kappa shape index (κ1) is 11.8. The van der Waals surface area contributed by atoms with Gasteiger partial charge in [-0.25, -0.2) is 0 Å². The molecule has 0 radical (unpaired) electrons. The van der Waals surface area contributed by atoms with Crippen LogP contribution in [0.2, 0.25) is 0 Å². The number of rotatable bonds is 2. The van der Waals surface area contributed by atoms with Crippen molar-refractivity contribution < 1.29 is 13.2 Å². The minimum absolute atomic E-state index is 0.100. The summed E-state index contributed by atoms with van der Waals surface area (Å²) in [6.45, 7) is 2.18. The Labute approximate surface area is 82.2 Å². The fourth-order valence-electron chi connectivity index (χ4n) is 1.89. The van der Waals surface area contributed by atoms with Crippen molar-refractivity contribution in [2.24, 2.45) is 11.7 Å². The summed E-state index contributed by atoms with van der Waals surface area (Å²) in [5.41, 5.74) is 5.70. The van der Waals surface area contributed by atoms with Crippen molar-refractivity contribution in [3.05, 3.63) is 0 Å². The number of piperidine rings is 1. The van der Waals surface area contributed by atoms with Gasteiger partial charge in [-0.2, -0.15) is 13.2 Å². The molecule has 1 aliphatic heterocycles. The van der Waals surface area contributed by atoms with Crippen molar-refractivity contribution in [2.75, 3.05) is 19.6 Å². The van der Waals surface area contributed by atoms with Crippen LogP contribution in [0.5, 0.6) is 0 Å². The molecule has 0 spiro atoms. The number of likely N-dealkylation sites (tertiary alicyclic amines) is 1. The maximum atomic E-state index is 12.0. The van der Waals surface area contributed by atoms with Gasteiger partial charge in [0.25, 0.3) is 0 Å². The van der Waals surface area contributed by atoms with Crippen LogP contribution in [0.3, 0.4) is 0 Å². The normalized spacial score (nSPS) is 23.8. The first-order valence-corrected chi connectivity index (χ1v) is 4.93. The molecule has 14 heavy (non-hydrogen) atoms. The lowest BCUT2D eigenvalue weighted by molar-refractivity contribution is -0.148. The minimum Gasteiger partial charge on any atom is -0.328 e. The zero-order valence-electron chi connectivity index (χ0n) is 8.35. The third-order valence-electron chi connectivity index (χ3n) is 2.78. The summed E-state index contributed by atoms with van der Waals surface area (Å²) in [6, 6.07) is 0.100. The second kappa shape index (κ2) is 4.49. The molecule has 2 N–H and O–H groups in total. The van der Waals surface area contributed by atoms with Crippen LogP contribution in [0.1, 0.15) is 19.8 Å². The van der Waals surface area contributed by atoms with E-state index < -0.39 is 12.7 Å². The first-order chi connectivity index (χ1) is 6.38. The van der Waals surface area contributed by atoms with E-state index >= 15 is 0 Å². The fourth-order valence-corrected chi connectivity index (χ4v) is 1.89. The van der Waals surface area contributed by atoms with Gasteiger partial charge in [0, 0.05) is 6.04 Å². The molecule has 0 amide bonds. The lowest BCUT2D eigenvalue weighted by Gasteiger charge is -2.33. The predicted molar refractivity (Wildman–Crippen MR) is 48.9 cm³/mol. The second-order valence-electron chi connectivity index (χ2n) is 4.09. The van der Waals surface area contributed by atoms with Gasteiger partial charge in [0.2, 0.25) is 0 Å². The molecule has 1 aliphatic rings. The van der Waals surface area contributed by atoms with E-state index in [4.69, 9.17) is 5.73 Å². The van der Waals surface area contributed by atoms with Gasteiger partial charge < -0.3 is 5.73 Å². The van der Waals surface area contributed by atoms with Gasteiger partial charge in [-0.05, 0) is 38.8 Å². The van der Waals surface area contributed by atoms with Gasteiger partial charge in [0.05, 0.1) is 6.54 Å². The Balaban J connectivity index is 2.29. The number of halogens is 3. The molecule has 5 heteroatoms. The van der Waals surface area contributed by atoms with Gasteiger partial charge in [0.1, 0.15) is 0 Å². The topological polar surface area (TPSA) is 29.3 Å². The van der Waals surface area contributed by atoms with Crippen LogP contribution in [0, 0.1) is 5.92 Å². The van der Waals surface area contributed by atoms with Crippen molar-refractivity contribution in [1.29, 1.82) is 0 Å². The molecule has 1 atom stereocenters. The smallest absolute Gasteiger partial charge is 0.328 e. The standard InChI is InChI=1S/C9H17F3N2/c1-7(13)8-2-4-14(5-3-8)6-9(10,11)12/h7-8H,2-6,13H2,1H3/t7-/m0/s1. The average Bonchev–Trinajstić information content (AvgIpc) is 2.02. The van der Waals surface area contributed by atoms with E-state index in [9.17, 15) is 13.2 Å². The number of alkyl halides is 3. The van der Waals surface area contributed by atoms with Crippen LogP contribution in [0.4, 0.5) is 13.2 Å². The zero-order chi connectivity index (χ0) is 10.8. The number of nitrogens with two attached hydrogens (primary N) is 1. The third-order valence-corrected chi connectivity index (χ3v) is 2.78. The molecule has 84 valence electrons. The lowest BCUT2D eigenvalue weighted by atomic mass is 9.91. The average molecular weight is 210 g/mol. The van der Waals surface area contributed by atoms with Crippen molar-refractivity contribution in [1.82, 2.24) is 4.90 Å². The van der Waals surface area contributed by atoms with Crippen molar-refractivity contribution in [3.8, 4) is 0 Å². The molecule has 0 aromatic carbocycles. The maximum absolute atomic E-state index is 12.0. The van der Waals surface area contributed by atoms with Crippen molar-refractivity contribution >= 4 is 0 Å². The summed E-state index contributed by atoms with van der Waals surface area (Å²) in [5, 5.41) is 0. The van der Waals surface area contributed by atoms with E-state index in [0.29, 0.717) is 19.0 Å². The molecule has 1 rings (SSSR count). The number of nitrogens with zero attached hydrogens (tertiary/aromatic N) is 1. The van der Waals surface area contributed by atoms with Gasteiger partial charge in [-0.1, -0.05) is 0 Å². The quantitative estimate of drug-likeness (QED) is 0.750. The molecule has 0 aliphatic carbocycles. The second-order valence-corrected chi connectivity index (χ2v) is 4.09. The van der Waals surface area contributed by atoms with Crippen LogP contribution in [-0.4, -0.2) is 36.8 Å². The summed E-state index contributed by atoms with van der Waals surface area (Å²) < 4.78 is 36.1. The molecule has 0 saturated carbocycles. The Morgan fingerprint density at radius 2 is 1.86 bits per heavy atom. The summed E-state index contributed by atoms with van der Waals surface area (Å²) in [5.74, 6) is 0.388. The van der Waals surface area contributed by atoms with E-state index in [1.54, 1.807) is 0 Å². The van der Waals surface area contributed by atoms with E-state index in [-0.39, 0.29) is 6.04 Å². The molecule has 1 fully saturated rings. The van der Waals surface area contributed by atoms with E-state index in [1.807, 2.05) is 6.92 Å². The summed E-state index contributed by atoms with van der Waals surface area (Å²) in [6.07, 6.45) is -2.50. The lowest BCUT2D eigenvalue weighted by Crippen LogP contribution is -2.43. The Morgan fingerprint density at radius 1 is 1.36 bits per heavy atom. The SMILES string of the molecule is C[C@H](N)C1CCN(CC(F)(F)F)CC1. The van der Waals surface area contributed by atoms with Gasteiger partial charge in [0.15, 0.2) is 0 Å². The largest absolute Gasteiger partial charge is 0.401 e. The van der Waals surface area contributed by atoms with Gasteiger partial charge in [-0.3, -0.25) is 4.90 Å². The highest BCUT2D eigenvalue weighted by atomic mass is 19.4. The van der Waals surface area contributed by atoms with Crippen LogP contribution in [-0.2, 0) is 0 Å². The third kappa shape index (κ3) is 3.84. The number of hydrogen-bond acceptors (Lipinski definition) is 2. The molecular formula is C9H17F3N2. The molecule has 0 bridgehead atoms. The van der Waals surface area contributed by atoms with Crippen LogP contribution in [0.25, 0.3) is 0 Å². The Kier molecular flexibility index (Phi) is 3.78. The van der Waals surface area contributed by atoms with Gasteiger partial charge >= 0.3 is 6.18 Å². The molecular weight excluding hydrogens is 193 g/mol. The summed E-state index contributed by atoms with van der Waals surface area (Å²) in [7, 11) is 0. The van der Waals surface area contributed by atoms with Crippen LogP contribution >= 0.6 is 0 Å². The summed E-state index contributed by atoms with van der Waals surface area (Å²) in [4.78, 5) is 1.46. The Bertz CT molecular complexity index is 171. The zero-order valence-corrected chi connectivity index (χ0v) is 8.35. The minimum atomic E-state index is -4.07. The fraction of sp³-hybridized carbons (Fsp3) is 1.00. The van der Waals surface area contributed by atoms with Gasteiger partial charge in [-0.15, -0.1) is 0 Å².